The molecule has 7 heteroatoms. The highest BCUT2D eigenvalue weighted by molar-refractivity contribution is 7.17. The van der Waals surface area contributed by atoms with Gasteiger partial charge in [0, 0.05) is 26.2 Å². The molecule has 0 bridgehead atoms. The van der Waals surface area contributed by atoms with E-state index in [4.69, 9.17) is 0 Å². The number of hydrogen-bond acceptors (Lipinski definition) is 5. The molecule has 0 unspecified atom stereocenters. The van der Waals surface area contributed by atoms with Crippen molar-refractivity contribution in [1.29, 1.82) is 0 Å². The molecule has 28 heavy (non-hydrogen) atoms. The van der Waals surface area contributed by atoms with Crippen LogP contribution in [0.25, 0.3) is 10.7 Å². The standard InChI is InChI=1S/C21H26N4O2S/c1-14-18(28-19(23-14)16-8-4-5-11-22-16)20(27)24-12-7-10-21(3)17(24)9-6-13-25(21)15(2)26/h4-5,8,11,17H,6-7,9-10,12-13H2,1-3H3/t17-,21-/m0/s1. The van der Waals surface area contributed by atoms with E-state index in [0.29, 0.717) is 4.88 Å². The number of pyridine rings is 1. The number of rotatable bonds is 2. The molecule has 6 nitrogen and oxygen atoms in total. The average molecular weight is 399 g/mol. The molecule has 0 aromatic carbocycles. The van der Waals surface area contributed by atoms with Gasteiger partial charge in [-0.15, -0.1) is 11.3 Å². The van der Waals surface area contributed by atoms with Crippen LogP contribution < -0.4 is 0 Å². The zero-order valence-corrected chi connectivity index (χ0v) is 17.5. The average Bonchev–Trinajstić information content (AvgIpc) is 3.08. The first kappa shape index (κ1) is 19.1. The van der Waals surface area contributed by atoms with Crippen LogP contribution in [0.4, 0.5) is 0 Å². The molecule has 2 aromatic heterocycles. The maximum atomic E-state index is 13.5. The van der Waals surface area contributed by atoms with Crippen molar-refractivity contribution < 1.29 is 9.59 Å². The topological polar surface area (TPSA) is 66.4 Å². The number of thiazole rings is 1. The fraction of sp³-hybridized carbons (Fsp3) is 0.524. The van der Waals surface area contributed by atoms with E-state index < -0.39 is 0 Å². The van der Waals surface area contributed by atoms with Crippen molar-refractivity contribution in [2.45, 2.75) is 58.0 Å². The van der Waals surface area contributed by atoms with E-state index in [1.807, 2.05) is 34.9 Å². The molecule has 2 saturated heterocycles. The minimum atomic E-state index is -0.277. The minimum Gasteiger partial charge on any atom is -0.335 e. The summed E-state index contributed by atoms with van der Waals surface area (Å²) in [7, 11) is 0. The summed E-state index contributed by atoms with van der Waals surface area (Å²) in [6, 6.07) is 5.77. The number of fused-ring (bicyclic) bond motifs is 1. The number of amides is 2. The highest BCUT2D eigenvalue weighted by Gasteiger charge is 2.49. The van der Waals surface area contributed by atoms with Crippen LogP contribution in [0.3, 0.4) is 0 Å². The van der Waals surface area contributed by atoms with Crippen LogP contribution in [-0.2, 0) is 4.79 Å². The lowest BCUT2D eigenvalue weighted by molar-refractivity contribution is -0.143. The molecule has 2 fully saturated rings. The van der Waals surface area contributed by atoms with Gasteiger partial charge in [-0.3, -0.25) is 14.6 Å². The van der Waals surface area contributed by atoms with Gasteiger partial charge in [0.2, 0.25) is 5.91 Å². The molecular formula is C21H26N4O2S. The second-order valence-electron chi connectivity index (χ2n) is 7.94. The van der Waals surface area contributed by atoms with E-state index in [9.17, 15) is 9.59 Å². The summed E-state index contributed by atoms with van der Waals surface area (Å²) < 4.78 is 0. The Morgan fingerprint density at radius 2 is 2.07 bits per heavy atom. The number of aryl methyl sites for hydroxylation is 1. The summed E-state index contributed by atoms with van der Waals surface area (Å²) >= 11 is 1.41. The predicted octanol–water partition coefficient (Wildman–Crippen LogP) is 3.52. The minimum absolute atomic E-state index is 0.0403. The molecule has 4 rings (SSSR count). The molecule has 0 N–H and O–H groups in total. The number of nitrogens with zero attached hydrogens (tertiary/aromatic N) is 4. The molecule has 2 aromatic rings. The van der Waals surface area contributed by atoms with Gasteiger partial charge in [0.1, 0.15) is 9.88 Å². The molecule has 4 heterocycles. The van der Waals surface area contributed by atoms with E-state index in [1.54, 1.807) is 13.1 Å². The number of piperidine rings is 2. The Hall–Kier alpha value is -2.28. The normalized spacial score (nSPS) is 24.8. The van der Waals surface area contributed by atoms with Gasteiger partial charge < -0.3 is 9.80 Å². The first-order valence-corrected chi connectivity index (χ1v) is 10.7. The van der Waals surface area contributed by atoms with Crippen molar-refractivity contribution in [3.8, 4) is 10.7 Å². The molecule has 2 aliphatic heterocycles. The van der Waals surface area contributed by atoms with Gasteiger partial charge in [-0.2, -0.15) is 0 Å². The Morgan fingerprint density at radius 1 is 1.25 bits per heavy atom. The van der Waals surface area contributed by atoms with E-state index in [1.165, 1.54) is 11.3 Å². The summed E-state index contributed by atoms with van der Waals surface area (Å²) in [5.41, 5.74) is 1.26. The lowest BCUT2D eigenvalue weighted by Crippen LogP contribution is -2.67. The van der Waals surface area contributed by atoms with E-state index in [2.05, 4.69) is 16.9 Å². The quantitative estimate of drug-likeness (QED) is 0.776. The van der Waals surface area contributed by atoms with Gasteiger partial charge in [-0.25, -0.2) is 4.98 Å². The summed E-state index contributed by atoms with van der Waals surface area (Å²) in [6.45, 7) is 7.20. The van der Waals surface area contributed by atoms with Crippen LogP contribution in [0.1, 0.15) is 54.9 Å². The predicted molar refractivity (Wildman–Crippen MR) is 109 cm³/mol. The number of likely N-dealkylation sites (tertiary alicyclic amines) is 2. The number of carbonyl (C=O) groups excluding carboxylic acids is 2. The molecule has 2 amide bonds. The summed E-state index contributed by atoms with van der Waals surface area (Å²) in [6.07, 6.45) is 5.47. The maximum Gasteiger partial charge on any atom is 0.266 e. The van der Waals surface area contributed by atoms with Gasteiger partial charge in [0.25, 0.3) is 5.91 Å². The van der Waals surface area contributed by atoms with Gasteiger partial charge in [0.05, 0.1) is 23.0 Å². The van der Waals surface area contributed by atoms with Crippen LogP contribution in [0.2, 0.25) is 0 Å². The van der Waals surface area contributed by atoms with E-state index >= 15 is 0 Å². The van der Waals surface area contributed by atoms with Crippen LogP contribution in [0, 0.1) is 6.92 Å². The maximum absolute atomic E-state index is 13.5. The fourth-order valence-electron chi connectivity index (χ4n) is 4.83. The number of aromatic nitrogens is 2. The molecule has 148 valence electrons. The smallest absolute Gasteiger partial charge is 0.266 e. The first-order chi connectivity index (χ1) is 13.4. The van der Waals surface area contributed by atoms with Crippen LogP contribution in [0.5, 0.6) is 0 Å². The van der Waals surface area contributed by atoms with Gasteiger partial charge in [0.15, 0.2) is 0 Å². The lowest BCUT2D eigenvalue weighted by atomic mass is 9.76. The molecule has 0 saturated carbocycles. The Kier molecular flexibility index (Phi) is 4.95. The molecule has 0 radical (unpaired) electrons. The lowest BCUT2D eigenvalue weighted by Gasteiger charge is -2.56. The van der Waals surface area contributed by atoms with Crippen molar-refractivity contribution in [3.05, 3.63) is 35.0 Å². The second kappa shape index (κ2) is 7.28. The van der Waals surface area contributed by atoms with E-state index in [0.717, 1.165) is 55.2 Å². The van der Waals surface area contributed by atoms with Gasteiger partial charge >= 0.3 is 0 Å². The molecule has 0 spiro atoms. The molecular weight excluding hydrogens is 372 g/mol. The fourth-order valence-corrected chi connectivity index (χ4v) is 5.83. The van der Waals surface area contributed by atoms with Crippen LogP contribution in [0.15, 0.2) is 24.4 Å². The van der Waals surface area contributed by atoms with Crippen LogP contribution in [-0.4, -0.2) is 56.3 Å². The largest absolute Gasteiger partial charge is 0.335 e. The Balaban J connectivity index is 1.65. The summed E-state index contributed by atoms with van der Waals surface area (Å²) in [5.74, 6) is 0.145. The molecule has 0 aliphatic carbocycles. The zero-order valence-electron chi connectivity index (χ0n) is 16.6. The van der Waals surface area contributed by atoms with Crippen LogP contribution >= 0.6 is 11.3 Å². The van der Waals surface area contributed by atoms with Crippen molar-refractivity contribution in [3.63, 3.8) is 0 Å². The monoisotopic (exact) mass is 398 g/mol. The Morgan fingerprint density at radius 3 is 2.79 bits per heavy atom. The first-order valence-electron chi connectivity index (χ1n) is 9.90. The van der Waals surface area contributed by atoms with Gasteiger partial charge in [-0.05, 0) is 51.7 Å². The van der Waals surface area contributed by atoms with Crippen molar-refractivity contribution in [2.75, 3.05) is 13.1 Å². The van der Waals surface area contributed by atoms with Crippen molar-refractivity contribution in [2.24, 2.45) is 0 Å². The molecule has 2 aliphatic rings. The summed E-state index contributed by atoms with van der Waals surface area (Å²) in [5, 5.41) is 0.773. The zero-order chi connectivity index (χ0) is 19.9. The highest BCUT2D eigenvalue weighted by Crippen LogP contribution is 2.40. The Labute approximate surface area is 169 Å². The third kappa shape index (κ3) is 3.11. The Bertz CT molecular complexity index is 897. The van der Waals surface area contributed by atoms with Crippen molar-refractivity contribution in [1.82, 2.24) is 19.8 Å². The highest BCUT2D eigenvalue weighted by atomic mass is 32.1. The third-order valence-electron chi connectivity index (χ3n) is 6.17. The SMILES string of the molecule is CC(=O)N1CCC[C@@H]2N(C(=O)c3sc(-c4ccccn4)nc3C)CCC[C@@]21C. The van der Waals surface area contributed by atoms with Crippen molar-refractivity contribution >= 4 is 23.2 Å². The molecule has 2 atom stereocenters. The number of carbonyl (C=O) groups is 2. The van der Waals surface area contributed by atoms with Gasteiger partial charge in [-0.1, -0.05) is 6.07 Å². The van der Waals surface area contributed by atoms with E-state index in [-0.39, 0.29) is 23.4 Å². The number of hydrogen-bond donors (Lipinski definition) is 0. The summed E-state index contributed by atoms with van der Waals surface area (Å²) in [4.78, 5) is 39.4. The third-order valence-corrected chi connectivity index (χ3v) is 7.34. The second-order valence-corrected chi connectivity index (χ2v) is 8.94.